The van der Waals surface area contributed by atoms with E-state index in [2.05, 4.69) is 10.6 Å². The first-order valence-corrected chi connectivity index (χ1v) is 5.16. The van der Waals surface area contributed by atoms with Gasteiger partial charge in [-0.1, -0.05) is 30.3 Å². The van der Waals surface area contributed by atoms with E-state index in [9.17, 15) is 9.90 Å². The largest absolute Gasteiger partial charge is 0.384 e. The van der Waals surface area contributed by atoms with E-state index in [1.807, 2.05) is 30.3 Å². The average Bonchev–Trinajstić information content (AvgIpc) is 2.34. The summed E-state index contributed by atoms with van der Waals surface area (Å²) in [6, 6.07) is 9.82. The Morgan fingerprint density at radius 1 is 1.31 bits per heavy atom. The van der Waals surface area contributed by atoms with Crippen LogP contribution in [0.4, 0.5) is 0 Å². The molecule has 3 N–H and O–H groups in total. The number of likely N-dealkylation sites (N-methyl/N-ethyl adjacent to an activating group) is 1. The molecule has 0 saturated carbocycles. The lowest BCUT2D eigenvalue weighted by molar-refractivity contribution is -0.125. The van der Waals surface area contributed by atoms with Gasteiger partial charge in [-0.25, -0.2) is 0 Å². The molecule has 1 aliphatic rings. The fourth-order valence-corrected chi connectivity index (χ4v) is 1.70. The summed E-state index contributed by atoms with van der Waals surface area (Å²) in [6.07, 6.45) is -0.994. The lowest BCUT2D eigenvalue weighted by atomic mass is 9.95. The van der Waals surface area contributed by atoms with Gasteiger partial charge < -0.3 is 15.7 Å². The second-order valence-corrected chi connectivity index (χ2v) is 3.64. The number of Topliss-reactive ketones (excluding diaryl/α,β-unsaturated/α-hetero) is 1. The zero-order chi connectivity index (χ0) is 11.5. The number of hydrogen-bond donors (Lipinski definition) is 3. The van der Waals surface area contributed by atoms with E-state index in [1.165, 1.54) is 0 Å². The minimum atomic E-state index is -0.994. The molecule has 0 heterocycles. The van der Waals surface area contributed by atoms with Gasteiger partial charge in [-0.05, 0) is 5.56 Å². The molecule has 1 aromatic carbocycles. The molecule has 16 heavy (non-hydrogen) atoms. The normalized spacial score (nSPS) is 19.4. The Morgan fingerprint density at radius 2 is 2.00 bits per heavy atom. The van der Waals surface area contributed by atoms with Crippen LogP contribution in [0.1, 0.15) is 5.56 Å². The van der Waals surface area contributed by atoms with E-state index in [-0.39, 0.29) is 5.78 Å². The first-order valence-electron chi connectivity index (χ1n) is 5.16. The van der Waals surface area contributed by atoms with Crippen molar-refractivity contribution in [3.8, 4) is 0 Å². The van der Waals surface area contributed by atoms with Crippen molar-refractivity contribution in [2.45, 2.75) is 12.6 Å². The Labute approximate surface area is 94.0 Å². The molecular weight excluding hydrogens is 204 g/mol. The molecule has 0 aliphatic heterocycles. The maximum absolute atomic E-state index is 11.2. The van der Waals surface area contributed by atoms with Crippen LogP contribution in [-0.4, -0.2) is 24.0 Å². The van der Waals surface area contributed by atoms with Gasteiger partial charge in [0.1, 0.15) is 5.70 Å². The molecular formula is C12H14N2O2. The number of carbonyl (C=O) groups is 1. The maximum Gasteiger partial charge on any atom is 0.215 e. The van der Waals surface area contributed by atoms with Crippen molar-refractivity contribution in [3.05, 3.63) is 47.3 Å². The van der Waals surface area contributed by atoms with Gasteiger partial charge in [0, 0.05) is 13.6 Å². The predicted molar refractivity (Wildman–Crippen MR) is 60.4 cm³/mol. The van der Waals surface area contributed by atoms with E-state index >= 15 is 0 Å². The summed E-state index contributed by atoms with van der Waals surface area (Å²) in [5.74, 6) is -0.252. The molecule has 1 aliphatic carbocycles. The van der Waals surface area contributed by atoms with Crippen LogP contribution < -0.4 is 10.6 Å². The van der Waals surface area contributed by atoms with Crippen molar-refractivity contribution in [2.75, 3.05) is 7.05 Å². The molecule has 0 amide bonds. The van der Waals surface area contributed by atoms with Crippen LogP contribution in [0.5, 0.6) is 0 Å². The summed E-state index contributed by atoms with van der Waals surface area (Å²) >= 11 is 0. The number of nitrogens with one attached hydrogen (secondary N) is 2. The third-order valence-electron chi connectivity index (χ3n) is 2.61. The molecule has 1 atom stereocenters. The van der Waals surface area contributed by atoms with Gasteiger partial charge in [0.2, 0.25) is 5.78 Å². The monoisotopic (exact) mass is 218 g/mol. The maximum atomic E-state index is 11.2. The summed E-state index contributed by atoms with van der Waals surface area (Å²) in [5, 5.41) is 15.3. The number of aliphatic hydroxyl groups is 1. The second kappa shape index (κ2) is 4.37. The third-order valence-corrected chi connectivity index (χ3v) is 2.61. The number of aliphatic hydroxyl groups excluding tert-OH is 1. The molecule has 84 valence electrons. The number of hydrogen-bond acceptors (Lipinski definition) is 4. The van der Waals surface area contributed by atoms with Crippen LogP contribution in [0, 0.1) is 0 Å². The van der Waals surface area contributed by atoms with E-state index in [0.717, 1.165) is 5.56 Å². The molecule has 4 nitrogen and oxygen atoms in total. The summed E-state index contributed by atoms with van der Waals surface area (Å²) in [5.41, 5.74) is 2.16. The van der Waals surface area contributed by atoms with Gasteiger partial charge >= 0.3 is 0 Å². The van der Waals surface area contributed by atoms with Crippen LogP contribution in [0.3, 0.4) is 0 Å². The van der Waals surface area contributed by atoms with Crippen molar-refractivity contribution >= 4 is 5.78 Å². The molecule has 4 heteroatoms. The molecule has 0 saturated heterocycles. The third kappa shape index (κ3) is 1.79. The quantitative estimate of drug-likeness (QED) is 0.673. The molecule has 0 fully saturated rings. The SMILES string of the molecule is CNC1=C(NCc2ccccc2)C(O)C1=O. The Morgan fingerprint density at radius 3 is 2.62 bits per heavy atom. The van der Waals surface area contributed by atoms with E-state index in [1.54, 1.807) is 7.05 Å². The topological polar surface area (TPSA) is 61.4 Å². The van der Waals surface area contributed by atoms with Gasteiger partial charge in [-0.2, -0.15) is 0 Å². The molecule has 1 aromatic rings. The first kappa shape index (κ1) is 10.7. The minimum absolute atomic E-state index is 0.252. The first-order chi connectivity index (χ1) is 7.74. The Balaban J connectivity index is 2.02. The van der Waals surface area contributed by atoms with Gasteiger partial charge in [0.25, 0.3) is 0 Å². The number of benzene rings is 1. The Bertz CT molecular complexity index is 426. The van der Waals surface area contributed by atoms with Crippen LogP contribution >= 0.6 is 0 Å². The average molecular weight is 218 g/mol. The van der Waals surface area contributed by atoms with Gasteiger partial charge in [-0.15, -0.1) is 0 Å². The number of rotatable bonds is 4. The van der Waals surface area contributed by atoms with E-state index in [4.69, 9.17) is 0 Å². The number of carbonyl (C=O) groups excluding carboxylic acids is 1. The lowest BCUT2D eigenvalue weighted by Gasteiger charge is -2.28. The van der Waals surface area contributed by atoms with Crippen molar-refractivity contribution in [2.24, 2.45) is 0 Å². The van der Waals surface area contributed by atoms with Crippen LogP contribution in [0.25, 0.3) is 0 Å². The highest BCUT2D eigenvalue weighted by molar-refractivity contribution is 6.07. The lowest BCUT2D eigenvalue weighted by Crippen LogP contribution is -2.47. The van der Waals surface area contributed by atoms with Crippen molar-refractivity contribution in [3.63, 3.8) is 0 Å². The van der Waals surface area contributed by atoms with Crippen LogP contribution in [0.2, 0.25) is 0 Å². The molecule has 2 rings (SSSR count). The molecule has 0 spiro atoms. The highest BCUT2D eigenvalue weighted by Crippen LogP contribution is 2.20. The van der Waals surface area contributed by atoms with Crippen LogP contribution in [0.15, 0.2) is 41.7 Å². The highest BCUT2D eigenvalue weighted by atomic mass is 16.3. The number of ketones is 1. The summed E-state index contributed by atoms with van der Waals surface area (Å²) < 4.78 is 0. The zero-order valence-electron chi connectivity index (χ0n) is 9.03. The van der Waals surface area contributed by atoms with E-state index < -0.39 is 6.10 Å². The van der Waals surface area contributed by atoms with Gasteiger partial charge in [0.05, 0.1) is 5.70 Å². The van der Waals surface area contributed by atoms with E-state index in [0.29, 0.717) is 17.9 Å². The Kier molecular flexibility index (Phi) is 2.92. The minimum Gasteiger partial charge on any atom is -0.384 e. The summed E-state index contributed by atoms with van der Waals surface area (Å²) in [4.78, 5) is 11.2. The van der Waals surface area contributed by atoms with Crippen molar-refractivity contribution in [1.82, 2.24) is 10.6 Å². The molecule has 1 unspecified atom stereocenters. The summed E-state index contributed by atoms with van der Waals surface area (Å²) in [7, 11) is 1.67. The van der Waals surface area contributed by atoms with Crippen molar-refractivity contribution < 1.29 is 9.90 Å². The highest BCUT2D eigenvalue weighted by Gasteiger charge is 2.37. The fraction of sp³-hybridized carbons (Fsp3) is 0.250. The molecule has 0 bridgehead atoms. The smallest absolute Gasteiger partial charge is 0.215 e. The van der Waals surface area contributed by atoms with Crippen molar-refractivity contribution in [1.29, 1.82) is 0 Å². The fourth-order valence-electron chi connectivity index (χ4n) is 1.70. The zero-order valence-corrected chi connectivity index (χ0v) is 9.03. The van der Waals surface area contributed by atoms with Gasteiger partial charge in [0.15, 0.2) is 6.10 Å². The summed E-state index contributed by atoms with van der Waals surface area (Å²) in [6.45, 7) is 0.603. The molecule has 0 radical (unpaired) electrons. The van der Waals surface area contributed by atoms with Crippen LogP contribution in [-0.2, 0) is 11.3 Å². The second-order valence-electron chi connectivity index (χ2n) is 3.64. The Hall–Kier alpha value is -1.81. The standard InChI is InChI=1S/C12H14N2O2/c1-13-9-10(12(16)11(9)15)14-7-8-5-3-2-4-6-8/h2-6,12-14,16H,7H2,1H3. The molecule has 0 aromatic heterocycles. The van der Waals surface area contributed by atoms with Gasteiger partial charge in [-0.3, -0.25) is 4.79 Å². The predicted octanol–water partition coefficient (Wildman–Crippen LogP) is 0.151.